The zero-order valence-electron chi connectivity index (χ0n) is 12.7. The molecule has 2 heteroatoms. The van der Waals surface area contributed by atoms with E-state index in [1.165, 1.54) is 37.7 Å². The Balaban J connectivity index is 1.66. The first-order valence-corrected chi connectivity index (χ1v) is 8.23. The highest BCUT2D eigenvalue weighted by Crippen LogP contribution is 2.29. The normalized spacial score (nSPS) is 18.6. The first kappa shape index (κ1) is 15.5. The summed E-state index contributed by atoms with van der Waals surface area (Å²) in [5, 5.41) is 0. The largest absolute Gasteiger partial charge is 0.374 e. The van der Waals surface area contributed by atoms with Crippen LogP contribution in [0.1, 0.15) is 56.9 Å². The molecule has 1 fully saturated rings. The molecule has 2 rings (SSSR count). The number of unbranched alkanes of at least 4 members (excludes halogenated alkanes) is 1. The molecule has 1 aliphatic carbocycles. The van der Waals surface area contributed by atoms with Crippen molar-refractivity contribution in [3.8, 4) is 0 Å². The molecular formula is C18H29NO. The van der Waals surface area contributed by atoms with Crippen molar-refractivity contribution in [1.29, 1.82) is 0 Å². The summed E-state index contributed by atoms with van der Waals surface area (Å²) in [6.45, 7) is 1.55. The van der Waals surface area contributed by atoms with E-state index in [1.807, 2.05) is 0 Å². The number of hydrogen-bond acceptors (Lipinski definition) is 2. The van der Waals surface area contributed by atoms with Crippen molar-refractivity contribution in [2.45, 2.75) is 63.4 Å². The molecule has 0 heterocycles. The zero-order chi connectivity index (χ0) is 14.1. The van der Waals surface area contributed by atoms with Crippen molar-refractivity contribution in [2.75, 3.05) is 13.2 Å². The minimum atomic E-state index is -0.0107. The highest BCUT2D eigenvalue weighted by Gasteiger charge is 2.29. The third-order valence-corrected chi connectivity index (χ3v) is 4.50. The predicted molar refractivity (Wildman–Crippen MR) is 84.8 cm³/mol. The van der Waals surface area contributed by atoms with Gasteiger partial charge in [-0.15, -0.1) is 0 Å². The Morgan fingerprint density at radius 1 is 0.950 bits per heavy atom. The molecule has 112 valence electrons. The number of benzene rings is 1. The molecule has 1 aromatic carbocycles. The van der Waals surface area contributed by atoms with E-state index < -0.39 is 0 Å². The Morgan fingerprint density at radius 2 is 1.65 bits per heavy atom. The maximum absolute atomic E-state index is 6.21. The number of ether oxygens (including phenoxy) is 1. The van der Waals surface area contributed by atoms with Gasteiger partial charge in [-0.2, -0.15) is 0 Å². The summed E-state index contributed by atoms with van der Waals surface area (Å²) in [6, 6.07) is 10.7. The second kappa shape index (κ2) is 8.43. The fourth-order valence-corrected chi connectivity index (χ4v) is 3.14. The zero-order valence-corrected chi connectivity index (χ0v) is 12.7. The Labute approximate surface area is 123 Å². The molecule has 0 bridgehead atoms. The summed E-state index contributed by atoms with van der Waals surface area (Å²) in [5.41, 5.74) is 7.40. The molecular weight excluding hydrogens is 246 g/mol. The number of rotatable bonds is 7. The summed E-state index contributed by atoms with van der Waals surface area (Å²) in [7, 11) is 0. The number of aryl methyl sites for hydroxylation is 1. The maximum Gasteiger partial charge on any atom is 0.0804 e. The van der Waals surface area contributed by atoms with Gasteiger partial charge in [0.25, 0.3) is 0 Å². The van der Waals surface area contributed by atoms with Crippen LogP contribution < -0.4 is 5.73 Å². The Hall–Kier alpha value is -0.860. The van der Waals surface area contributed by atoms with Crippen molar-refractivity contribution in [1.82, 2.24) is 0 Å². The molecule has 0 spiro atoms. The highest BCUT2D eigenvalue weighted by molar-refractivity contribution is 5.14. The van der Waals surface area contributed by atoms with E-state index in [1.54, 1.807) is 0 Å². The molecule has 0 unspecified atom stereocenters. The SMILES string of the molecule is NCC1(OCCCCc2ccccc2)CCCCCC1. The number of nitrogens with two attached hydrogens (primary N) is 1. The van der Waals surface area contributed by atoms with Crippen LogP contribution in [-0.2, 0) is 11.2 Å². The first-order chi connectivity index (χ1) is 9.85. The quantitative estimate of drug-likeness (QED) is 0.601. The summed E-state index contributed by atoms with van der Waals surface area (Å²) < 4.78 is 6.21. The minimum Gasteiger partial charge on any atom is -0.374 e. The van der Waals surface area contributed by atoms with E-state index in [0.29, 0.717) is 6.54 Å². The molecule has 0 atom stereocenters. The fourth-order valence-electron chi connectivity index (χ4n) is 3.14. The summed E-state index contributed by atoms with van der Waals surface area (Å²) in [6.07, 6.45) is 11.0. The van der Waals surface area contributed by atoms with Crippen molar-refractivity contribution in [3.63, 3.8) is 0 Å². The second-order valence-corrected chi connectivity index (χ2v) is 6.09. The lowest BCUT2D eigenvalue weighted by Crippen LogP contribution is -2.40. The number of hydrogen-bond donors (Lipinski definition) is 1. The molecule has 0 saturated heterocycles. The van der Waals surface area contributed by atoms with Crippen LogP contribution in [0.3, 0.4) is 0 Å². The molecule has 20 heavy (non-hydrogen) atoms. The van der Waals surface area contributed by atoms with Crippen LogP contribution in [0.5, 0.6) is 0 Å². The smallest absolute Gasteiger partial charge is 0.0804 e. The van der Waals surface area contributed by atoms with Gasteiger partial charge in [0.15, 0.2) is 0 Å². The molecule has 0 aliphatic heterocycles. The lowest BCUT2D eigenvalue weighted by atomic mass is 9.94. The molecule has 0 aromatic heterocycles. The molecule has 2 N–H and O–H groups in total. The van der Waals surface area contributed by atoms with Gasteiger partial charge in [-0.1, -0.05) is 56.0 Å². The van der Waals surface area contributed by atoms with Gasteiger partial charge in [0, 0.05) is 13.2 Å². The first-order valence-electron chi connectivity index (χ1n) is 8.23. The van der Waals surface area contributed by atoms with E-state index in [0.717, 1.165) is 32.3 Å². The third kappa shape index (κ3) is 4.92. The Bertz CT molecular complexity index is 355. The summed E-state index contributed by atoms with van der Waals surface area (Å²) in [5.74, 6) is 0. The van der Waals surface area contributed by atoms with Crippen molar-refractivity contribution < 1.29 is 4.74 Å². The van der Waals surface area contributed by atoms with E-state index in [9.17, 15) is 0 Å². The molecule has 1 aromatic rings. The molecule has 0 amide bonds. The van der Waals surface area contributed by atoms with Gasteiger partial charge in [0.05, 0.1) is 5.60 Å². The molecule has 1 aliphatic rings. The van der Waals surface area contributed by atoms with Crippen LogP contribution in [0, 0.1) is 0 Å². The van der Waals surface area contributed by atoms with Gasteiger partial charge in [-0.3, -0.25) is 0 Å². The van der Waals surface area contributed by atoms with E-state index in [-0.39, 0.29) is 5.60 Å². The van der Waals surface area contributed by atoms with Crippen LogP contribution >= 0.6 is 0 Å². The van der Waals surface area contributed by atoms with E-state index in [2.05, 4.69) is 30.3 Å². The van der Waals surface area contributed by atoms with Gasteiger partial charge in [-0.05, 0) is 37.7 Å². The van der Waals surface area contributed by atoms with Crippen LogP contribution in [0.2, 0.25) is 0 Å². The topological polar surface area (TPSA) is 35.2 Å². The van der Waals surface area contributed by atoms with E-state index in [4.69, 9.17) is 10.5 Å². The third-order valence-electron chi connectivity index (χ3n) is 4.50. The van der Waals surface area contributed by atoms with Gasteiger partial charge >= 0.3 is 0 Å². The lowest BCUT2D eigenvalue weighted by Gasteiger charge is -2.31. The van der Waals surface area contributed by atoms with Crippen LogP contribution in [0.4, 0.5) is 0 Å². The average molecular weight is 275 g/mol. The minimum absolute atomic E-state index is 0.0107. The van der Waals surface area contributed by atoms with Gasteiger partial charge in [0.1, 0.15) is 0 Å². The van der Waals surface area contributed by atoms with Gasteiger partial charge in [-0.25, -0.2) is 0 Å². The Morgan fingerprint density at radius 3 is 2.30 bits per heavy atom. The van der Waals surface area contributed by atoms with Crippen LogP contribution in [0.15, 0.2) is 30.3 Å². The molecule has 1 saturated carbocycles. The lowest BCUT2D eigenvalue weighted by molar-refractivity contribution is -0.0506. The van der Waals surface area contributed by atoms with Crippen LogP contribution in [-0.4, -0.2) is 18.8 Å². The van der Waals surface area contributed by atoms with E-state index >= 15 is 0 Å². The van der Waals surface area contributed by atoms with Gasteiger partial charge in [0.2, 0.25) is 0 Å². The second-order valence-electron chi connectivity index (χ2n) is 6.09. The maximum atomic E-state index is 6.21. The standard InChI is InChI=1S/C18H29NO/c19-16-18(13-7-1-2-8-14-18)20-15-9-6-12-17-10-4-3-5-11-17/h3-5,10-11H,1-2,6-9,12-16,19H2. The Kier molecular flexibility index (Phi) is 6.55. The van der Waals surface area contributed by atoms with Crippen molar-refractivity contribution in [2.24, 2.45) is 5.73 Å². The average Bonchev–Trinajstić information content (AvgIpc) is 2.74. The fraction of sp³-hybridized carbons (Fsp3) is 0.667. The van der Waals surface area contributed by atoms with Crippen molar-refractivity contribution in [3.05, 3.63) is 35.9 Å². The summed E-state index contributed by atoms with van der Waals surface area (Å²) >= 11 is 0. The molecule has 2 nitrogen and oxygen atoms in total. The van der Waals surface area contributed by atoms with Crippen LogP contribution in [0.25, 0.3) is 0 Å². The highest BCUT2D eigenvalue weighted by atomic mass is 16.5. The monoisotopic (exact) mass is 275 g/mol. The van der Waals surface area contributed by atoms with Crippen molar-refractivity contribution >= 4 is 0 Å². The molecule has 0 radical (unpaired) electrons. The van der Waals surface area contributed by atoms with Gasteiger partial charge < -0.3 is 10.5 Å². The summed E-state index contributed by atoms with van der Waals surface area (Å²) in [4.78, 5) is 0. The predicted octanol–water partition coefficient (Wildman–Crippen LogP) is 4.08.